The molecule has 112 valence electrons. The lowest BCUT2D eigenvalue weighted by Crippen LogP contribution is -2.46. The van der Waals surface area contributed by atoms with E-state index in [2.05, 4.69) is 23.5 Å². The number of nitrogens with one attached hydrogen (secondary N) is 1. The van der Waals surface area contributed by atoms with E-state index in [1.54, 1.807) is 11.8 Å². The number of allylic oxidation sites excluding steroid dienone is 2. The van der Waals surface area contributed by atoms with Crippen molar-refractivity contribution in [1.82, 2.24) is 5.32 Å². The van der Waals surface area contributed by atoms with Crippen LogP contribution in [0.2, 0.25) is 0 Å². The Hall–Kier alpha value is -1.26. The average Bonchev–Trinajstić information content (AvgIpc) is 2.54. The monoisotopic (exact) mass is 303 g/mol. The first kappa shape index (κ1) is 14.7. The predicted molar refractivity (Wildman–Crippen MR) is 86.0 cm³/mol. The van der Waals surface area contributed by atoms with Crippen LogP contribution in [-0.4, -0.2) is 23.3 Å². The van der Waals surface area contributed by atoms with E-state index in [-0.39, 0.29) is 11.8 Å². The fourth-order valence-electron chi connectivity index (χ4n) is 3.06. The van der Waals surface area contributed by atoms with Gasteiger partial charge in [0.2, 0.25) is 5.91 Å². The minimum atomic E-state index is -0.945. The number of fused-ring (bicyclic) bond motifs is 1. The summed E-state index contributed by atoms with van der Waals surface area (Å²) in [5.41, 5.74) is 1.19. The number of hydrogen-bond donors (Lipinski definition) is 2. The zero-order chi connectivity index (χ0) is 14.7. The van der Waals surface area contributed by atoms with Crippen molar-refractivity contribution in [3.05, 3.63) is 47.5 Å². The zero-order valence-electron chi connectivity index (χ0n) is 12.0. The molecule has 1 aliphatic heterocycles. The molecule has 3 nitrogen and oxygen atoms in total. The van der Waals surface area contributed by atoms with E-state index in [1.165, 1.54) is 5.56 Å². The van der Waals surface area contributed by atoms with E-state index >= 15 is 0 Å². The van der Waals surface area contributed by atoms with Crippen molar-refractivity contribution in [2.45, 2.75) is 30.6 Å². The van der Waals surface area contributed by atoms with Crippen LogP contribution in [0.15, 0.2) is 36.4 Å². The van der Waals surface area contributed by atoms with Crippen molar-refractivity contribution in [1.29, 1.82) is 0 Å². The van der Waals surface area contributed by atoms with Crippen LogP contribution in [0.5, 0.6) is 0 Å². The van der Waals surface area contributed by atoms with Gasteiger partial charge in [0.05, 0.1) is 6.54 Å². The van der Waals surface area contributed by atoms with E-state index in [4.69, 9.17) is 0 Å². The highest BCUT2D eigenvalue weighted by Crippen LogP contribution is 2.36. The number of amides is 1. The Labute approximate surface area is 129 Å². The third-order valence-electron chi connectivity index (χ3n) is 4.31. The van der Waals surface area contributed by atoms with E-state index < -0.39 is 5.60 Å². The molecule has 2 atom stereocenters. The molecule has 1 aliphatic carbocycles. The molecule has 0 fully saturated rings. The van der Waals surface area contributed by atoms with Crippen molar-refractivity contribution < 1.29 is 9.90 Å². The first-order chi connectivity index (χ1) is 10.2. The summed E-state index contributed by atoms with van der Waals surface area (Å²) in [5.74, 6) is 1.69. The maximum atomic E-state index is 12.2. The minimum absolute atomic E-state index is 0.0603. The molecule has 0 saturated carbocycles. The van der Waals surface area contributed by atoms with Crippen LogP contribution in [0, 0.1) is 5.92 Å². The second kappa shape index (κ2) is 6.24. The number of rotatable bonds is 3. The molecule has 1 heterocycles. The summed E-state index contributed by atoms with van der Waals surface area (Å²) in [6, 6.07) is 7.98. The molecule has 21 heavy (non-hydrogen) atoms. The van der Waals surface area contributed by atoms with Gasteiger partial charge in [0.25, 0.3) is 0 Å². The van der Waals surface area contributed by atoms with Gasteiger partial charge in [0.15, 0.2) is 0 Å². The van der Waals surface area contributed by atoms with Gasteiger partial charge in [-0.25, -0.2) is 0 Å². The Morgan fingerprint density at radius 3 is 3.05 bits per heavy atom. The smallest absolute Gasteiger partial charge is 0.223 e. The van der Waals surface area contributed by atoms with Gasteiger partial charge in [-0.15, -0.1) is 0 Å². The summed E-state index contributed by atoms with van der Waals surface area (Å²) in [6.45, 7) is 0.302. The molecule has 1 amide bonds. The number of thioether (sulfide) groups is 1. The zero-order valence-corrected chi connectivity index (χ0v) is 12.9. The van der Waals surface area contributed by atoms with Crippen LogP contribution in [0.25, 0.3) is 0 Å². The van der Waals surface area contributed by atoms with Crippen molar-refractivity contribution in [3.63, 3.8) is 0 Å². The fourth-order valence-corrected chi connectivity index (χ4v) is 4.23. The van der Waals surface area contributed by atoms with Crippen LogP contribution in [0.1, 0.15) is 30.4 Å². The van der Waals surface area contributed by atoms with Crippen molar-refractivity contribution in [2.24, 2.45) is 5.92 Å². The van der Waals surface area contributed by atoms with Gasteiger partial charge in [-0.05, 0) is 30.4 Å². The fraction of sp³-hybridized carbons (Fsp3) is 0.471. The maximum absolute atomic E-state index is 12.2. The van der Waals surface area contributed by atoms with E-state index in [0.29, 0.717) is 12.3 Å². The summed E-state index contributed by atoms with van der Waals surface area (Å²) < 4.78 is 0. The molecule has 4 heteroatoms. The van der Waals surface area contributed by atoms with Gasteiger partial charge in [0, 0.05) is 17.4 Å². The number of carbonyl (C=O) groups is 1. The second-order valence-electron chi connectivity index (χ2n) is 5.88. The lowest BCUT2D eigenvalue weighted by Gasteiger charge is -2.34. The van der Waals surface area contributed by atoms with E-state index in [9.17, 15) is 9.90 Å². The molecule has 0 saturated heterocycles. The molecule has 1 aromatic carbocycles. The highest BCUT2D eigenvalue weighted by Gasteiger charge is 2.35. The summed E-state index contributed by atoms with van der Waals surface area (Å²) in [6.07, 6.45) is 6.91. The molecule has 0 radical (unpaired) electrons. The average molecular weight is 303 g/mol. The van der Waals surface area contributed by atoms with Gasteiger partial charge in [0.1, 0.15) is 5.60 Å². The highest BCUT2D eigenvalue weighted by molar-refractivity contribution is 7.98. The summed E-state index contributed by atoms with van der Waals surface area (Å²) in [5, 5.41) is 13.9. The molecule has 1 aromatic rings. The highest BCUT2D eigenvalue weighted by atomic mass is 32.2. The third kappa shape index (κ3) is 3.16. The number of hydrogen-bond acceptors (Lipinski definition) is 3. The standard InChI is InChI=1S/C17H21NO2S/c19-16(13-6-2-1-3-7-13)18-11-17(20)12-21-10-14-8-4-5-9-15(14)17/h1-2,4-5,8-9,13,20H,3,6-7,10-12H2,(H,18,19). The topological polar surface area (TPSA) is 49.3 Å². The third-order valence-corrected chi connectivity index (χ3v) is 5.51. The Balaban J connectivity index is 1.67. The largest absolute Gasteiger partial charge is 0.382 e. The van der Waals surface area contributed by atoms with Crippen LogP contribution in [0.4, 0.5) is 0 Å². The predicted octanol–water partition coefficient (Wildman–Crippen LogP) is 2.59. The molecule has 2 N–H and O–H groups in total. The van der Waals surface area contributed by atoms with E-state index in [1.807, 2.05) is 18.2 Å². The Bertz CT molecular complexity index is 557. The SMILES string of the molecule is O=C(NCC1(O)CSCc2ccccc21)C1CC=CCC1. The van der Waals surface area contributed by atoms with Crippen LogP contribution < -0.4 is 5.32 Å². The Kier molecular flexibility index (Phi) is 4.36. The quantitative estimate of drug-likeness (QED) is 0.844. The summed E-state index contributed by atoms with van der Waals surface area (Å²) in [4.78, 5) is 12.2. The molecule has 0 aromatic heterocycles. The van der Waals surface area contributed by atoms with E-state index in [0.717, 1.165) is 30.6 Å². The van der Waals surface area contributed by atoms with Crippen LogP contribution >= 0.6 is 11.8 Å². The Morgan fingerprint density at radius 1 is 1.38 bits per heavy atom. The van der Waals surface area contributed by atoms with Crippen molar-refractivity contribution in [2.75, 3.05) is 12.3 Å². The van der Waals surface area contributed by atoms with Gasteiger partial charge in [-0.3, -0.25) is 4.79 Å². The number of aliphatic hydroxyl groups is 1. The summed E-state index contributed by atoms with van der Waals surface area (Å²) >= 11 is 1.72. The van der Waals surface area contributed by atoms with Crippen LogP contribution in [-0.2, 0) is 16.1 Å². The first-order valence-electron chi connectivity index (χ1n) is 7.50. The van der Waals surface area contributed by atoms with Gasteiger partial charge in [-0.1, -0.05) is 36.4 Å². The lowest BCUT2D eigenvalue weighted by molar-refractivity contribution is -0.126. The molecular formula is C17H21NO2S. The number of carbonyl (C=O) groups excluding carboxylic acids is 1. The van der Waals surface area contributed by atoms with Crippen LogP contribution in [0.3, 0.4) is 0 Å². The first-order valence-corrected chi connectivity index (χ1v) is 8.66. The molecule has 0 bridgehead atoms. The van der Waals surface area contributed by atoms with Crippen molar-refractivity contribution in [3.8, 4) is 0 Å². The van der Waals surface area contributed by atoms with Gasteiger partial charge < -0.3 is 10.4 Å². The lowest BCUT2D eigenvalue weighted by atomic mass is 9.90. The molecular weight excluding hydrogens is 282 g/mol. The number of benzene rings is 1. The normalized spacial score (nSPS) is 28.0. The molecule has 0 spiro atoms. The molecule has 2 aliphatic rings. The summed E-state index contributed by atoms with van der Waals surface area (Å²) in [7, 11) is 0. The second-order valence-corrected chi connectivity index (χ2v) is 6.87. The van der Waals surface area contributed by atoms with Gasteiger partial charge in [-0.2, -0.15) is 11.8 Å². The molecule has 2 unspecified atom stereocenters. The minimum Gasteiger partial charge on any atom is -0.382 e. The Morgan fingerprint density at radius 2 is 2.24 bits per heavy atom. The van der Waals surface area contributed by atoms with Crippen molar-refractivity contribution >= 4 is 17.7 Å². The molecule has 3 rings (SSSR count). The maximum Gasteiger partial charge on any atom is 0.223 e. The van der Waals surface area contributed by atoms with Gasteiger partial charge >= 0.3 is 0 Å².